The van der Waals surface area contributed by atoms with Gasteiger partial charge in [0.05, 0.1) is 0 Å². The minimum absolute atomic E-state index is 0.644. The maximum Gasteiger partial charge on any atom is 0.0224 e. The molecular weight excluding hydrogens is 176 g/mol. The fourth-order valence-electron chi connectivity index (χ4n) is 2.08. The lowest BCUT2D eigenvalue weighted by Gasteiger charge is -2.08. The first-order chi connectivity index (χ1) is 6.45. The Hall–Kier alpha value is -1.08. The molecule has 0 bridgehead atoms. The summed E-state index contributed by atoms with van der Waals surface area (Å²) < 4.78 is 0. The normalized spacial score (nSPS) is 24.5. The predicted molar refractivity (Wildman–Crippen MR) is 57.0 cm³/mol. The van der Waals surface area contributed by atoms with Gasteiger partial charge in [-0.05, 0) is 29.0 Å². The summed E-state index contributed by atoms with van der Waals surface area (Å²) in [5, 5.41) is 2.16. The molecule has 1 aromatic heterocycles. The van der Waals surface area contributed by atoms with Crippen molar-refractivity contribution in [2.75, 3.05) is 0 Å². The van der Waals surface area contributed by atoms with Gasteiger partial charge in [-0.25, -0.2) is 0 Å². The Morgan fingerprint density at radius 2 is 2.38 bits per heavy atom. The van der Waals surface area contributed by atoms with E-state index < -0.39 is 0 Å². The predicted octanol–water partition coefficient (Wildman–Crippen LogP) is 3.66. The van der Waals surface area contributed by atoms with Gasteiger partial charge < -0.3 is 0 Å². The maximum atomic E-state index is 2.35. The smallest absolute Gasteiger partial charge is 0.0224 e. The van der Waals surface area contributed by atoms with E-state index in [0.29, 0.717) is 5.92 Å². The molecular formula is C12H10S. The second kappa shape index (κ2) is 2.71. The number of hydrogen-bond donors (Lipinski definition) is 0. The van der Waals surface area contributed by atoms with E-state index in [1.54, 1.807) is 0 Å². The first-order valence-electron chi connectivity index (χ1n) is 4.57. The first kappa shape index (κ1) is 7.34. The molecule has 0 unspecified atom stereocenters. The lowest BCUT2D eigenvalue weighted by Crippen LogP contribution is -1.92. The van der Waals surface area contributed by atoms with E-state index in [2.05, 4.69) is 41.8 Å². The van der Waals surface area contributed by atoms with Crippen molar-refractivity contribution in [3.8, 4) is 0 Å². The molecule has 64 valence electrons. The van der Waals surface area contributed by atoms with Crippen LogP contribution in [0.5, 0.6) is 0 Å². The van der Waals surface area contributed by atoms with E-state index in [1.165, 1.54) is 22.4 Å². The van der Waals surface area contributed by atoms with Gasteiger partial charge in [0.15, 0.2) is 0 Å². The van der Waals surface area contributed by atoms with E-state index in [9.17, 15) is 0 Å². The average molecular weight is 186 g/mol. The topological polar surface area (TPSA) is 0 Å². The van der Waals surface area contributed by atoms with Gasteiger partial charge in [-0.2, -0.15) is 0 Å². The zero-order valence-electron chi connectivity index (χ0n) is 7.23. The molecule has 2 aliphatic carbocycles. The number of hydrogen-bond acceptors (Lipinski definition) is 1. The Morgan fingerprint density at radius 3 is 3.23 bits per heavy atom. The minimum Gasteiger partial charge on any atom is -0.148 e. The maximum absolute atomic E-state index is 2.35. The monoisotopic (exact) mass is 186 g/mol. The highest BCUT2D eigenvalue weighted by molar-refractivity contribution is 7.10. The lowest BCUT2D eigenvalue weighted by molar-refractivity contribution is 0.885. The van der Waals surface area contributed by atoms with Crippen molar-refractivity contribution < 1.29 is 0 Å². The minimum atomic E-state index is 0.644. The van der Waals surface area contributed by atoms with Crippen LogP contribution in [-0.4, -0.2) is 0 Å². The van der Waals surface area contributed by atoms with Crippen molar-refractivity contribution >= 4 is 11.3 Å². The Bertz CT molecular complexity index is 404. The van der Waals surface area contributed by atoms with Crippen molar-refractivity contribution in [1.82, 2.24) is 0 Å². The fourth-order valence-corrected chi connectivity index (χ4v) is 2.94. The summed E-state index contributed by atoms with van der Waals surface area (Å²) in [5.41, 5.74) is 2.96. The van der Waals surface area contributed by atoms with Crippen LogP contribution in [0.4, 0.5) is 0 Å². The van der Waals surface area contributed by atoms with Crippen LogP contribution >= 0.6 is 11.3 Å². The summed E-state index contributed by atoms with van der Waals surface area (Å²) in [7, 11) is 0. The fraction of sp³-hybridized carbons (Fsp3) is 0.167. The van der Waals surface area contributed by atoms with Gasteiger partial charge in [-0.15, -0.1) is 11.3 Å². The van der Waals surface area contributed by atoms with E-state index in [-0.39, 0.29) is 0 Å². The van der Waals surface area contributed by atoms with Crippen LogP contribution in [-0.2, 0) is 0 Å². The van der Waals surface area contributed by atoms with Crippen LogP contribution in [0.15, 0.2) is 53.0 Å². The standard InChI is InChI=1S/C12H10S/c1-3-9-6-7-11(10(9)4-1)12-5-2-8-13-12/h1-6,8,11H,7H2/t11-/m1/s1. The van der Waals surface area contributed by atoms with Gasteiger partial charge in [0, 0.05) is 10.8 Å². The third kappa shape index (κ3) is 1.04. The largest absolute Gasteiger partial charge is 0.148 e. The molecule has 0 aliphatic heterocycles. The van der Waals surface area contributed by atoms with Gasteiger partial charge in [-0.3, -0.25) is 0 Å². The molecule has 0 amide bonds. The molecule has 0 fully saturated rings. The van der Waals surface area contributed by atoms with Gasteiger partial charge in [-0.1, -0.05) is 30.4 Å². The second-order valence-corrected chi connectivity index (χ2v) is 4.42. The molecule has 0 saturated heterocycles. The molecule has 0 nitrogen and oxygen atoms in total. The third-order valence-corrected chi connectivity index (χ3v) is 3.71. The molecule has 0 saturated carbocycles. The Morgan fingerprint density at radius 1 is 1.38 bits per heavy atom. The summed E-state index contributed by atoms with van der Waals surface area (Å²) in [6.07, 6.45) is 10.2. The van der Waals surface area contributed by atoms with Crippen LogP contribution < -0.4 is 0 Å². The number of rotatable bonds is 1. The number of fused-ring (bicyclic) bond motifs is 1. The molecule has 0 N–H and O–H groups in total. The van der Waals surface area contributed by atoms with Crippen LogP contribution in [0.25, 0.3) is 0 Å². The quantitative estimate of drug-likeness (QED) is 0.628. The van der Waals surface area contributed by atoms with Crippen LogP contribution in [0.1, 0.15) is 17.2 Å². The molecule has 1 heterocycles. The summed E-state index contributed by atoms with van der Waals surface area (Å²) in [4.78, 5) is 1.50. The van der Waals surface area contributed by atoms with E-state index in [4.69, 9.17) is 0 Å². The van der Waals surface area contributed by atoms with Crippen molar-refractivity contribution in [2.24, 2.45) is 0 Å². The Balaban J connectivity index is 1.99. The first-order valence-corrected chi connectivity index (χ1v) is 5.45. The molecule has 13 heavy (non-hydrogen) atoms. The van der Waals surface area contributed by atoms with E-state index in [1.807, 2.05) is 11.3 Å². The van der Waals surface area contributed by atoms with E-state index >= 15 is 0 Å². The third-order valence-electron chi connectivity index (χ3n) is 2.72. The van der Waals surface area contributed by atoms with Crippen LogP contribution in [0.2, 0.25) is 0 Å². The molecule has 1 heteroatoms. The summed E-state index contributed by atoms with van der Waals surface area (Å²) >= 11 is 1.87. The van der Waals surface area contributed by atoms with Crippen molar-refractivity contribution in [1.29, 1.82) is 0 Å². The van der Waals surface area contributed by atoms with E-state index in [0.717, 1.165) is 0 Å². The van der Waals surface area contributed by atoms with Crippen LogP contribution in [0, 0.1) is 0 Å². The molecule has 0 spiro atoms. The molecule has 0 aromatic carbocycles. The highest BCUT2D eigenvalue weighted by atomic mass is 32.1. The zero-order valence-corrected chi connectivity index (χ0v) is 8.05. The summed E-state index contributed by atoms with van der Waals surface area (Å²) in [5.74, 6) is 0.644. The number of allylic oxidation sites excluding steroid dienone is 6. The Kier molecular flexibility index (Phi) is 1.53. The highest BCUT2D eigenvalue weighted by Gasteiger charge is 2.25. The molecule has 2 aliphatic rings. The molecule has 1 aromatic rings. The number of thiophene rings is 1. The lowest BCUT2D eigenvalue weighted by atomic mass is 9.99. The highest BCUT2D eigenvalue weighted by Crippen LogP contribution is 2.43. The summed E-state index contributed by atoms with van der Waals surface area (Å²) in [6, 6.07) is 4.38. The van der Waals surface area contributed by atoms with Gasteiger partial charge in [0.25, 0.3) is 0 Å². The molecule has 3 rings (SSSR count). The average Bonchev–Trinajstić information content (AvgIpc) is 2.79. The van der Waals surface area contributed by atoms with Crippen molar-refractivity contribution in [3.05, 3.63) is 57.8 Å². The Labute approximate surface area is 81.9 Å². The van der Waals surface area contributed by atoms with Crippen molar-refractivity contribution in [3.63, 3.8) is 0 Å². The zero-order chi connectivity index (χ0) is 8.67. The van der Waals surface area contributed by atoms with Gasteiger partial charge in [0.1, 0.15) is 0 Å². The van der Waals surface area contributed by atoms with Gasteiger partial charge >= 0.3 is 0 Å². The second-order valence-electron chi connectivity index (χ2n) is 3.44. The SMILES string of the molecule is C1=CC2=CC[C@@H](c3cccs3)C2=C1. The molecule has 1 atom stereocenters. The van der Waals surface area contributed by atoms with Gasteiger partial charge in [0.2, 0.25) is 0 Å². The molecule has 0 radical (unpaired) electrons. The summed E-state index contributed by atoms with van der Waals surface area (Å²) in [6.45, 7) is 0. The van der Waals surface area contributed by atoms with Crippen molar-refractivity contribution in [2.45, 2.75) is 12.3 Å². The van der Waals surface area contributed by atoms with Crippen LogP contribution in [0.3, 0.4) is 0 Å².